The van der Waals surface area contributed by atoms with Crippen molar-refractivity contribution in [1.82, 2.24) is 5.32 Å². The van der Waals surface area contributed by atoms with Crippen LogP contribution in [-0.4, -0.2) is 39.1 Å². The van der Waals surface area contributed by atoms with Crippen LogP contribution in [0.3, 0.4) is 0 Å². The Morgan fingerprint density at radius 3 is 2.03 bits per heavy atom. The molecule has 1 amide bonds. The van der Waals surface area contributed by atoms with Crippen LogP contribution in [0, 0.1) is 0 Å². The van der Waals surface area contributed by atoms with Crippen LogP contribution >= 0.6 is 11.8 Å². The normalized spacial score (nSPS) is 12.7. The molecule has 3 aromatic rings. The van der Waals surface area contributed by atoms with E-state index in [-0.39, 0.29) is 17.7 Å². The molecule has 0 radical (unpaired) electrons. The second kappa shape index (κ2) is 11.0. The van der Waals surface area contributed by atoms with Crippen LogP contribution in [0.1, 0.15) is 23.6 Å². The molecule has 0 saturated carbocycles. The largest absolute Gasteiger partial charge is 0.497 e. The van der Waals surface area contributed by atoms with Gasteiger partial charge in [-0.25, -0.2) is 0 Å². The Kier molecular flexibility index (Phi) is 7.62. The van der Waals surface area contributed by atoms with E-state index in [9.17, 15) is 4.79 Å². The van der Waals surface area contributed by atoms with Crippen LogP contribution in [0.15, 0.2) is 71.6 Å². The number of hydrogen-bond donors (Lipinski definition) is 1. The molecule has 3 aromatic carbocycles. The first-order chi connectivity index (χ1) is 16.2. The molecule has 7 heteroatoms. The Balaban J connectivity index is 1.46. The quantitative estimate of drug-likeness (QED) is 0.479. The second-order valence-electron chi connectivity index (χ2n) is 7.49. The number of amides is 1. The summed E-state index contributed by atoms with van der Waals surface area (Å²) in [6.45, 7) is 1.28. The SMILES string of the molecule is COc1ccc(C(NC(=O)CSc2ccc3c(c2)OCCCO3)c2ccc(OC)cc2)cc1. The van der Waals surface area contributed by atoms with E-state index in [4.69, 9.17) is 18.9 Å². The lowest BCUT2D eigenvalue weighted by atomic mass is 9.98. The standard InChI is InChI=1S/C26H27NO5S/c1-29-20-8-4-18(5-9-20)26(19-6-10-21(30-2)11-7-19)27-25(28)17-33-22-12-13-23-24(16-22)32-15-3-14-31-23/h4-13,16,26H,3,14-15,17H2,1-2H3,(H,27,28). The summed E-state index contributed by atoms with van der Waals surface area (Å²) >= 11 is 1.47. The van der Waals surface area contributed by atoms with Crippen molar-refractivity contribution in [1.29, 1.82) is 0 Å². The van der Waals surface area contributed by atoms with Crippen molar-refractivity contribution >= 4 is 17.7 Å². The van der Waals surface area contributed by atoms with Crippen LogP contribution in [-0.2, 0) is 4.79 Å². The Morgan fingerprint density at radius 1 is 0.879 bits per heavy atom. The molecule has 1 aliphatic heterocycles. The van der Waals surface area contributed by atoms with Gasteiger partial charge in [0.15, 0.2) is 11.5 Å². The molecule has 0 aromatic heterocycles. The molecule has 6 nitrogen and oxygen atoms in total. The highest BCUT2D eigenvalue weighted by molar-refractivity contribution is 8.00. The first-order valence-electron chi connectivity index (χ1n) is 10.8. The summed E-state index contributed by atoms with van der Waals surface area (Å²) in [6.07, 6.45) is 0.859. The van der Waals surface area contributed by atoms with Gasteiger partial charge in [-0.15, -0.1) is 11.8 Å². The van der Waals surface area contributed by atoms with E-state index in [0.29, 0.717) is 13.2 Å². The minimum Gasteiger partial charge on any atom is -0.497 e. The topological polar surface area (TPSA) is 66.0 Å². The number of hydrogen-bond acceptors (Lipinski definition) is 6. The summed E-state index contributed by atoms with van der Waals surface area (Å²) in [5.41, 5.74) is 1.93. The number of thioether (sulfide) groups is 1. The average Bonchev–Trinajstić information content (AvgIpc) is 3.11. The molecule has 0 aliphatic carbocycles. The molecule has 0 atom stereocenters. The fourth-order valence-electron chi connectivity index (χ4n) is 3.54. The van der Waals surface area contributed by atoms with Crippen molar-refractivity contribution in [2.24, 2.45) is 0 Å². The molecule has 33 heavy (non-hydrogen) atoms. The lowest BCUT2D eigenvalue weighted by Gasteiger charge is -2.20. The summed E-state index contributed by atoms with van der Waals surface area (Å²) in [6, 6.07) is 20.9. The van der Waals surface area contributed by atoms with E-state index in [2.05, 4.69) is 5.32 Å². The van der Waals surface area contributed by atoms with Crippen LogP contribution in [0.2, 0.25) is 0 Å². The minimum atomic E-state index is -0.293. The highest BCUT2D eigenvalue weighted by atomic mass is 32.2. The van der Waals surface area contributed by atoms with Gasteiger partial charge in [0.25, 0.3) is 0 Å². The number of methoxy groups -OCH3 is 2. The van der Waals surface area contributed by atoms with Crippen molar-refractivity contribution in [3.8, 4) is 23.0 Å². The third-order valence-electron chi connectivity index (χ3n) is 5.29. The monoisotopic (exact) mass is 465 g/mol. The Labute approximate surface area is 198 Å². The van der Waals surface area contributed by atoms with Gasteiger partial charge in [-0.2, -0.15) is 0 Å². The van der Waals surface area contributed by atoms with Gasteiger partial charge in [-0.3, -0.25) is 4.79 Å². The summed E-state index contributed by atoms with van der Waals surface area (Å²) in [5, 5.41) is 3.17. The van der Waals surface area contributed by atoms with Crippen LogP contribution in [0.4, 0.5) is 0 Å². The lowest BCUT2D eigenvalue weighted by Crippen LogP contribution is -2.30. The predicted molar refractivity (Wildman–Crippen MR) is 129 cm³/mol. The molecule has 1 N–H and O–H groups in total. The summed E-state index contributed by atoms with van der Waals surface area (Å²) < 4.78 is 22.0. The van der Waals surface area contributed by atoms with Gasteiger partial charge in [-0.1, -0.05) is 24.3 Å². The van der Waals surface area contributed by atoms with E-state index in [1.165, 1.54) is 11.8 Å². The third-order valence-corrected chi connectivity index (χ3v) is 6.29. The van der Waals surface area contributed by atoms with Crippen LogP contribution in [0.5, 0.6) is 23.0 Å². The van der Waals surface area contributed by atoms with Crippen LogP contribution in [0.25, 0.3) is 0 Å². The maximum absolute atomic E-state index is 12.9. The number of rotatable bonds is 8. The molecule has 0 bridgehead atoms. The summed E-state index contributed by atoms with van der Waals surface area (Å²) in [5.74, 6) is 3.23. The molecule has 4 rings (SSSR count). The summed E-state index contributed by atoms with van der Waals surface area (Å²) in [4.78, 5) is 13.9. The van der Waals surface area contributed by atoms with E-state index >= 15 is 0 Å². The smallest absolute Gasteiger partial charge is 0.231 e. The third kappa shape index (κ3) is 5.93. The molecular weight excluding hydrogens is 438 g/mol. The molecule has 172 valence electrons. The second-order valence-corrected chi connectivity index (χ2v) is 8.54. The van der Waals surface area contributed by atoms with Gasteiger partial charge in [0.1, 0.15) is 11.5 Å². The Hall–Kier alpha value is -3.32. The number of carbonyl (C=O) groups is 1. The van der Waals surface area contributed by atoms with E-state index in [1.807, 2.05) is 66.7 Å². The molecule has 0 fully saturated rings. The van der Waals surface area contributed by atoms with E-state index < -0.39 is 0 Å². The van der Waals surface area contributed by atoms with Crippen molar-refractivity contribution in [3.05, 3.63) is 77.9 Å². The number of nitrogens with one attached hydrogen (secondary N) is 1. The first kappa shape index (κ1) is 22.9. The maximum Gasteiger partial charge on any atom is 0.231 e. The van der Waals surface area contributed by atoms with Gasteiger partial charge < -0.3 is 24.3 Å². The fourth-order valence-corrected chi connectivity index (χ4v) is 4.27. The van der Waals surface area contributed by atoms with Gasteiger partial charge in [-0.05, 0) is 53.6 Å². The number of fused-ring (bicyclic) bond motifs is 1. The summed E-state index contributed by atoms with van der Waals surface area (Å²) in [7, 11) is 3.27. The molecule has 0 spiro atoms. The predicted octanol–water partition coefficient (Wildman–Crippen LogP) is 4.86. The highest BCUT2D eigenvalue weighted by Crippen LogP contribution is 2.34. The zero-order valence-electron chi connectivity index (χ0n) is 18.7. The molecular formula is C26H27NO5S. The first-order valence-corrected chi connectivity index (χ1v) is 11.7. The van der Waals surface area contributed by atoms with Gasteiger partial charge in [0.2, 0.25) is 5.91 Å². The van der Waals surface area contributed by atoms with Crippen LogP contribution < -0.4 is 24.3 Å². The van der Waals surface area contributed by atoms with E-state index in [0.717, 1.165) is 45.4 Å². The molecule has 0 saturated heterocycles. The Morgan fingerprint density at radius 2 is 1.45 bits per heavy atom. The molecule has 1 aliphatic rings. The van der Waals surface area contributed by atoms with Crippen molar-refractivity contribution in [2.45, 2.75) is 17.4 Å². The van der Waals surface area contributed by atoms with Gasteiger partial charge in [0, 0.05) is 11.3 Å². The Bertz CT molecular complexity index is 1020. The maximum atomic E-state index is 12.9. The highest BCUT2D eigenvalue weighted by Gasteiger charge is 2.18. The number of benzene rings is 3. The zero-order valence-corrected chi connectivity index (χ0v) is 19.5. The van der Waals surface area contributed by atoms with Crippen molar-refractivity contribution in [2.75, 3.05) is 33.2 Å². The van der Waals surface area contributed by atoms with Crippen molar-refractivity contribution in [3.63, 3.8) is 0 Å². The lowest BCUT2D eigenvalue weighted by molar-refractivity contribution is -0.119. The van der Waals surface area contributed by atoms with Gasteiger partial charge >= 0.3 is 0 Å². The average molecular weight is 466 g/mol. The van der Waals surface area contributed by atoms with E-state index in [1.54, 1.807) is 14.2 Å². The molecule has 0 unspecified atom stereocenters. The minimum absolute atomic E-state index is 0.0660. The molecule has 1 heterocycles. The fraction of sp³-hybridized carbons (Fsp3) is 0.269. The van der Waals surface area contributed by atoms with Crippen molar-refractivity contribution < 1.29 is 23.7 Å². The zero-order chi connectivity index (χ0) is 23.0. The number of carbonyl (C=O) groups excluding carboxylic acids is 1. The number of ether oxygens (including phenoxy) is 4. The van der Waals surface area contributed by atoms with Gasteiger partial charge in [0.05, 0.1) is 39.2 Å².